The van der Waals surface area contributed by atoms with Crippen molar-refractivity contribution in [3.05, 3.63) is 42.5 Å². The summed E-state index contributed by atoms with van der Waals surface area (Å²) in [6.45, 7) is 4.07. The molecule has 0 atom stereocenters. The molecule has 1 fully saturated rings. The van der Waals surface area contributed by atoms with Gasteiger partial charge in [-0.15, -0.1) is 23.5 Å². The van der Waals surface area contributed by atoms with Crippen LogP contribution in [0.1, 0.15) is 2.74 Å². The first-order valence-corrected chi connectivity index (χ1v) is 9.34. The van der Waals surface area contributed by atoms with Gasteiger partial charge in [-0.25, -0.2) is 0 Å². The zero-order chi connectivity index (χ0) is 16.8. The van der Waals surface area contributed by atoms with Gasteiger partial charge in [0, 0.05) is 50.0 Å². The van der Waals surface area contributed by atoms with E-state index in [1.807, 2.05) is 0 Å². The number of thioether (sulfide) groups is 2. The largest absolute Gasteiger partial charge is 0.368 e. The van der Waals surface area contributed by atoms with E-state index >= 15 is 0 Å². The van der Waals surface area contributed by atoms with Gasteiger partial charge in [0.05, 0.1) is 0 Å². The molecule has 0 radical (unpaired) electrons. The van der Waals surface area contributed by atoms with Crippen LogP contribution in [0.4, 0.5) is 5.69 Å². The Labute approximate surface area is 144 Å². The lowest BCUT2D eigenvalue weighted by atomic mass is 10.0. The highest BCUT2D eigenvalue weighted by Crippen LogP contribution is 2.38. The number of nitrogens with zero attached hydrogens (tertiary/aromatic N) is 1. The Morgan fingerprint density at radius 1 is 1.00 bits per heavy atom. The second-order valence-corrected chi connectivity index (χ2v) is 6.69. The van der Waals surface area contributed by atoms with Crippen LogP contribution in [0.15, 0.2) is 52.3 Å². The molecule has 1 aliphatic rings. The Kier molecular flexibility index (Phi) is 4.52. The average Bonchev–Trinajstić information content (AvgIpc) is 2.63. The van der Waals surface area contributed by atoms with Gasteiger partial charge in [0.2, 0.25) is 0 Å². The highest BCUT2D eigenvalue weighted by Gasteiger charge is 2.16. The molecular formula is C18H22N2S2. The minimum atomic E-state index is 0.303. The van der Waals surface area contributed by atoms with Gasteiger partial charge < -0.3 is 10.2 Å². The molecule has 0 bridgehead atoms. The van der Waals surface area contributed by atoms with Crippen molar-refractivity contribution < 1.29 is 2.74 Å². The summed E-state index contributed by atoms with van der Waals surface area (Å²) in [7, 11) is 0. The van der Waals surface area contributed by atoms with Crippen LogP contribution < -0.4 is 10.2 Å². The van der Waals surface area contributed by atoms with E-state index < -0.39 is 0 Å². The predicted molar refractivity (Wildman–Crippen MR) is 101 cm³/mol. The Morgan fingerprint density at radius 2 is 1.82 bits per heavy atom. The third-order valence-corrected chi connectivity index (χ3v) is 5.16. The van der Waals surface area contributed by atoms with Gasteiger partial charge in [-0.05, 0) is 36.2 Å². The average molecular weight is 333 g/mol. The summed E-state index contributed by atoms with van der Waals surface area (Å²) in [6.07, 6.45) is 0.624. The Balaban J connectivity index is 2.01. The molecule has 1 aliphatic heterocycles. The summed E-state index contributed by atoms with van der Waals surface area (Å²) in [5, 5.41) is 3.41. The summed E-state index contributed by atoms with van der Waals surface area (Å²) in [4.78, 5) is 4.67. The number of para-hydroxylation sites is 1. The maximum Gasteiger partial charge on any atom is 0.0447 e. The van der Waals surface area contributed by atoms with Crippen molar-refractivity contribution in [3.8, 4) is 11.1 Å². The third kappa shape index (κ3) is 3.29. The van der Waals surface area contributed by atoms with Crippen molar-refractivity contribution >= 4 is 29.2 Å². The second kappa shape index (κ2) is 7.44. The predicted octanol–water partition coefficient (Wildman–Crippen LogP) is 4.21. The monoisotopic (exact) mass is 332 g/mol. The second-order valence-electron chi connectivity index (χ2n) is 5.20. The smallest absolute Gasteiger partial charge is 0.0447 e. The van der Waals surface area contributed by atoms with Crippen LogP contribution >= 0.6 is 23.5 Å². The lowest BCUT2D eigenvalue weighted by Gasteiger charge is -2.31. The molecule has 0 aliphatic carbocycles. The number of piperazine rings is 1. The molecule has 0 spiro atoms. The zero-order valence-corrected chi connectivity index (χ0v) is 14.2. The first-order valence-electron chi connectivity index (χ1n) is 8.78. The van der Waals surface area contributed by atoms with Crippen LogP contribution in [-0.4, -0.2) is 38.6 Å². The van der Waals surface area contributed by atoms with E-state index in [1.165, 1.54) is 28.6 Å². The minimum absolute atomic E-state index is 0.303. The van der Waals surface area contributed by atoms with Crippen LogP contribution in [-0.2, 0) is 0 Å². The highest BCUT2D eigenvalue weighted by atomic mass is 32.2. The van der Waals surface area contributed by atoms with Gasteiger partial charge in [0.15, 0.2) is 0 Å². The molecular weight excluding hydrogens is 308 g/mol. The first-order chi connectivity index (χ1) is 11.8. The van der Waals surface area contributed by atoms with Gasteiger partial charge in [0.1, 0.15) is 0 Å². The number of hydrogen-bond donors (Lipinski definition) is 1. The highest BCUT2D eigenvalue weighted by molar-refractivity contribution is 7.99. The van der Waals surface area contributed by atoms with Crippen molar-refractivity contribution in [1.29, 1.82) is 0 Å². The molecule has 2 aromatic carbocycles. The number of benzene rings is 2. The van der Waals surface area contributed by atoms with Crippen molar-refractivity contribution in [3.63, 3.8) is 0 Å². The summed E-state index contributed by atoms with van der Waals surface area (Å²) >= 11 is 3.08. The van der Waals surface area contributed by atoms with E-state index in [0.29, 0.717) is 12.5 Å². The van der Waals surface area contributed by atoms with E-state index in [2.05, 4.69) is 52.7 Å². The van der Waals surface area contributed by atoms with Crippen LogP contribution in [0, 0.1) is 0 Å². The molecule has 0 amide bonds. The van der Waals surface area contributed by atoms with Gasteiger partial charge >= 0.3 is 0 Å². The summed E-state index contributed by atoms with van der Waals surface area (Å²) < 4.78 is 15.0. The van der Waals surface area contributed by atoms with Crippen LogP contribution in [0.3, 0.4) is 0 Å². The number of hydrogen-bond acceptors (Lipinski definition) is 4. The quantitative estimate of drug-likeness (QED) is 0.843. The van der Waals surface area contributed by atoms with E-state index in [4.69, 9.17) is 2.74 Å². The van der Waals surface area contributed by atoms with Crippen LogP contribution in [0.2, 0.25) is 0 Å². The fraction of sp³-hybridized carbons (Fsp3) is 0.333. The van der Waals surface area contributed by atoms with E-state index in [-0.39, 0.29) is 0 Å². The zero-order valence-electron chi connectivity index (χ0n) is 14.5. The SMILES string of the molecule is [2H]CSc1ccc(-c2ccccc2N2CCNCC2)c(SC[2H])c1. The lowest BCUT2D eigenvalue weighted by Crippen LogP contribution is -2.43. The third-order valence-electron chi connectivity index (χ3n) is 3.93. The molecule has 0 unspecified atom stereocenters. The molecule has 116 valence electrons. The molecule has 0 aromatic heterocycles. The number of nitrogens with one attached hydrogen (secondary N) is 1. The standard InChI is InChI=1S/C18H22N2S2/c1-21-14-7-8-16(18(13-14)22-2)15-5-3-4-6-17(15)20-11-9-19-10-12-20/h3-8,13,19H,9-12H2,1-2H3/i1D,2D. The fourth-order valence-corrected chi connectivity index (χ4v) is 3.80. The summed E-state index contributed by atoms with van der Waals surface area (Å²) in [6, 6.07) is 14.9. The topological polar surface area (TPSA) is 15.3 Å². The van der Waals surface area contributed by atoms with Gasteiger partial charge in [-0.1, -0.05) is 24.3 Å². The maximum atomic E-state index is 7.62. The van der Waals surface area contributed by atoms with Crippen molar-refractivity contribution in [2.75, 3.05) is 43.5 Å². The maximum absolute atomic E-state index is 7.62. The summed E-state index contributed by atoms with van der Waals surface area (Å²) in [5.41, 5.74) is 3.69. The van der Waals surface area contributed by atoms with Crippen molar-refractivity contribution in [1.82, 2.24) is 5.32 Å². The fourth-order valence-electron chi connectivity index (χ4n) is 2.82. The van der Waals surface area contributed by atoms with Crippen LogP contribution in [0.5, 0.6) is 0 Å². The van der Waals surface area contributed by atoms with Crippen LogP contribution in [0.25, 0.3) is 11.1 Å². The van der Waals surface area contributed by atoms with E-state index in [0.717, 1.165) is 36.0 Å². The van der Waals surface area contributed by atoms with Gasteiger partial charge in [-0.3, -0.25) is 0 Å². The number of anilines is 1. The number of rotatable bonds is 4. The molecule has 2 aromatic rings. The minimum Gasteiger partial charge on any atom is -0.368 e. The summed E-state index contributed by atoms with van der Waals surface area (Å²) in [5.74, 6) is 0. The molecule has 22 heavy (non-hydrogen) atoms. The van der Waals surface area contributed by atoms with Gasteiger partial charge in [0.25, 0.3) is 0 Å². The molecule has 2 nitrogen and oxygen atoms in total. The molecule has 1 saturated heterocycles. The van der Waals surface area contributed by atoms with E-state index in [1.54, 1.807) is 11.8 Å². The lowest BCUT2D eigenvalue weighted by molar-refractivity contribution is 0.589. The van der Waals surface area contributed by atoms with Crippen molar-refractivity contribution in [2.24, 2.45) is 0 Å². The Morgan fingerprint density at radius 3 is 2.64 bits per heavy atom. The van der Waals surface area contributed by atoms with Crippen molar-refractivity contribution in [2.45, 2.75) is 9.79 Å². The first kappa shape index (κ1) is 13.3. The molecule has 1 N–H and O–H groups in total. The molecule has 1 heterocycles. The molecule has 4 heteroatoms. The molecule has 0 saturated carbocycles. The normalized spacial score (nSPS) is 16.3. The Hall–Kier alpha value is -1.10. The van der Waals surface area contributed by atoms with Gasteiger partial charge in [-0.2, -0.15) is 0 Å². The molecule has 3 rings (SSSR count). The Bertz CT molecular complexity index is 676. The van der Waals surface area contributed by atoms with E-state index in [9.17, 15) is 0 Å².